The molecule has 0 aliphatic carbocycles. The number of fused-ring (bicyclic) bond motifs is 2. The molecule has 2 aromatic heterocycles. The van der Waals surface area contributed by atoms with Gasteiger partial charge in [-0.3, -0.25) is 10.2 Å². The number of aromatic nitrogens is 2. The third kappa shape index (κ3) is 2.72. The smallest absolute Gasteiger partial charge is 0.261 e. The average molecular weight is 369 g/mol. The van der Waals surface area contributed by atoms with E-state index in [-0.39, 0.29) is 24.4 Å². The normalized spacial score (nSPS) is 12.3. The number of carbonyl (C=O) groups is 1. The van der Waals surface area contributed by atoms with Gasteiger partial charge in [0.25, 0.3) is 5.91 Å². The zero-order valence-corrected chi connectivity index (χ0v) is 14.6. The van der Waals surface area contributed by atoms with Crippen LogP contribution in [0.15, 0.2) is 24.3 Å². The van der Waals surface area contributed by atoms with E-state index >= 15 is 0 Å². The van der Waals surface area contributed by atoms with Gasteiger partial charge in [-0.05, 0) is 31.2 Å². The van der Waals surface area contributed by atoms with Crippen LogP contribution in [-0.4, -0.2) is 34.9 Å². The maximum Gasteiger partial charge on any atom is 0.261 e. The van der Waals surface area contributed by atoms with Gasteiger partial charge in [0.1, 0.15) is 10.5 Å². The monoisotopic (exact) mass is 369 g/mol. The van der Waals surface area contributed by atoms with Crippen molar-refractivity contribution in [2.75, 3.05) is 19.1 Å². The van der Waals surface area contributed by atoms with Gasteiger partial charge in [0.2, 0.25) is 12.7 Å². The first-order valence-electron chi connectivity index (χ1n) is 7.91. The van der Waals surface area contributed by atoms with E-state index in [1.54, 1.807) is 24.3 Å². The number of ether oxygens (including phenoxy) is 2. The number of anilines is 1. The summed E-state index contributed by atoms with van der Waals surface area (Å²) in [5, 5.41) is 11.9. The topological polar surface area (TPSA) is 123 Å². The van der Waals surface area contributed by atoms with Gasteiger partial charge in [0.15, 0.2) is 11.5 Å². The number of rotatable bonds is 4. The highest BCUT2D eigenvalue weighted by molar-refractivity contribution is 7.20. The fraction of sp³-hybridized carbons (Fsp3) is 0.176. The largest absolute Gasteiger partial charge is 0.454 e. The first kappa shape index (κ1) is 16.3. The van der Waals surface area contributed by atoms with E-state index in [0.29, 0.717) is 44.4 Å². The second-order valence-electron chi connectivity index (χ2n) is 5.56. The van der Waals surface area contributed by atoms with Crippen molar-refractivity contribution in [1.82, 2.24) is 15.3 Å². The minimum absolute atomic E-state index is 0.0577. The zero-order valence-electron chi connectivity index (χ0n) is 13.8. The number of nitrogens with zero attached hydrogens (tertiary/aromatic N) is 2. The van der Waals surface area contributed by atoms with E-state index < -0.39 is 0 Å². The number of carbonyl (C=O) groups excluding carboxylic acids is 1. The SMILES string of the molecule is CCNC(=O)c1cc2c(C(=N)c3ccc4c(c3)OCO4)nc(N)nc2s1. The molecule has 8 nitrogen and oxygen atoms in total. The Labute approximate surface area is 152 Å². The third-order valence-corrected chi connectivity index (χ3v) is 4.90. The first-order valence-corrected chi connectivity index (χ1v) is 8.72. The van der Waals surface area contributed by atoms with Gasteiger partial charge in [-0.2, -0.15) is 0 Å². The van der Waals surface area contributed by atoms with E-state index in [2.05, 4.69) is 15.3 Å². The van der Waals surface area contributed by atoms with Crippen LogP contribution in [0.5, 0.6) is 11.5 Å². The van der Waals surface area contributed by atoms with Crippen LogP contribution in [0, 0.1) is 5.41 Å². The van der Waals surface area contributed by atoms with Crippen LogP contribution in [0.2, 0.25) is 0 Å². The summed E-state index contributed by atoms with van der Waals surface area (Å²) in [6, 6.07) is 6.94. The molecule has 3 aromatic rings. The van der Waals surface area contributed by atoms with E-state index in [4.69, 9.17) is 20.6 Å². The summed E-state index contributed by atoms with van der Waals surface area (Å²) in [6.07, 6.45) is 0. The second kappa shape index (κ2) is 6.26. The average Bonchev–Trinajstić information content (AvgIpc) is 3.26. The van der Waals surface area contributed by atoms with E-state index in [1.165, 1.54) is 11.3 Å². The summed E-state index contributed by atoms with van der Waals surface area (Å²) < 4.78 is 10.7. The molecule has 0 saturated heterocycles. The Kier molecular flexibility index (Phi) is 3.92. The van der Waals surface area contributed by atoms with Gasteiger partial charge in [0.05, 0.1) is 10.6 Å². The van der Waals surface area contributed by atoms with Gasteiger partial charge < -0.3 is 20.5 Å². The molecule has 132 valence electrons. The number of nitrogen functional groups attached to an aromatic ring is 1. The molecule has 0 spiro atoms. The highest BCUT2D eigenvalue weighted by atomic mass is 32.1. The molecule has 1 amide bonds. The number of benzene rings is 1. The molecule has 26 heavy (non-hydrogen) atoms. The Balaban J connectivity index is 1.80. The van der Waals surface area contributed by atoms with E-state index in [0.717, 1.165) is 0 Å². The predicted molar refractivity (Wildman–Crippen MR) is 98.3 cm³/mol. The molecule has 3 heterocycles. The Hall–Kier alpha value is -3.20. The van der Waals surface area contributed by atoms with Crippen molar-refractivity contribution in [2.24, 2.45) is 0 Å². The summed E-state index contributed by atoms with van der Waals surface area (Å²) >= 11 is 1.22. The number of amides is 1. The van der Waals surface area contributed by atoms with Gasteiger partial charge in [-0.25, -0.2) is 9.97 Å². The summed E-state index contributed by atoms with van der Waals surface area (Å²) in [7, 11) is 0. The molecule has 4 rings (SSSR count). The molecule has 0 fully saturated rings. The maximum absolute atomic E-state index is 12.1. The molecule has 0 radical (unpaired) electrons. The summed E-state index contributed by atoms with van der Waals surface area (Å²) in [5.41, 5.74) is 6.97. The van der Waals surface area contributed by atoms with Crippen LogP contribution in [0.3, 0.4) is 0 Å². The first-order chi connectivity index (χ1) is 12.6. The lowest BCUT2D eigenvalue weighted by molar-refractivity contribution is 0.0960. The van der Waals surface area contributed by atoms with Gasteiger partial charge >= 0.3 is 0 Å². The lowest BCUT2D eigenvalue weighted by atomic mass is 10.0. The highest BCUT2D eigenvalue weighted by Crippen LogP contribution is 2.34. The Morgan fingerprint density at radius 3 is 2.92 bits per heavy atom. The van der Waals surface area contributed by atoms with Crippen molar-refractivity contribution in [2.45, 2.75) is 6.92 Å². The van der Waals surface area contributed by atoms with Crippen LogP contribution < -0.4 is 20.5 Å². The van der Waals surface area contributed by atoms with Crippen LogP contribution in [0.4, 0.5) is 5.95 Å². The summed E-state index contributed by atoms with van der Waals surface area (Å²) in [6.45, 7) is 2.54. The van der Waals surface area contributed by atoms with Crippen LogP contribution in [0.25, 0.3) is 10.2 Å². The van der Waals surface area contributed by atoms with Crippen molar-refractivity contribution >= 4 is 39.1 Å². The van der Waals surface area contributed by atoms with Crippen molar-refractivity contribution in [3.8, 4) is 11.5 Å². The Bertz CT molecular complexity index is 1050. The standard InChI is InChI=1S/C17H15N5O3S/c1-2-20-15(23)12-6-9-14(21-17(19)22-16(9)26-12)13(18)8-3-4-10-11(5-8)25-7-24-10/h3-6,18H,2,7H2,1H3,(H,20,23)(H2,19,21,22). The lowest BCUT2D eigenvalue weighted by Gasteiger charge is -2.07. The zero-order chi connectivity index (χ0) is 18.3. The van der Waals surface area contributed by atoms with Gasteiger partial charge in [0, 0.05) is 17.5 Å². The number of nitrogens with one attached hydrogen (secondary N) is 2. The molecule has 0 atom stereocenters. The summed E-state index contributed by atoms with van der Waals surface area (Å²) in [5.74, 6) is 1.10. The Morgan fingerprint density at radius 1 is 1.31 bits per heavy atom. The molecule has 0 unspecified atom stereocenters. The number of nitrogens with two attached hydrogens (primary N) is 1. The van der Waals surface area contributed by atoms with Crippen molar-refractivity contribution in [3.63, 3.8) is 0 Å². The highest BCUT2D eigenvalue weighted by Gasteiger charge is 2.20. The predicted octanol–water partition coefficient (Wildman–Crippen LogP) is 2.17. The van der Waals surface area contributed by atoms with E-state index in [9.17, 15) is 4.79 Å². The van der Waals surface area contributed by atoms with Crippen molar-refractivity contribution < 1.29 is 14.3 Å². The molecule has 4 N–H and O–H groups in total. The molecule has 9 heteroatoms. The van der Waals surface area contributed by atoms with Crippen LogP contribution >= 0.6 is 11.3 Å². The fourth-order valence-electron chi connectivity index (χ4n) is 2.68. The molecule has 1 aliphatic heterocycles. The quantitative estimate of drug-likeness (QED) is 0.606. The number of hydrogen-bond donors (Lipinski definition) is 3. The van der Waals surface area contributed by atoms with E-state index in [1.807, 2.05) is 6.92 Å². The third-order valence-electron chi connectivity index (χ3n) is 3.87. The fourth-order valence-corrected chi connectivity index (χ4v) is 3.63. The number of hydrogen-bond acceptors (Lipinski definition) is 8. The minimum Gasteiger partial charge on any atom is -0.454 e. The van der Waals surface area contributed by atoms with Crippen LogP contribution in [-0.2, 0) is 0 Å². The minimum atomic E-state index is -0.186. The van der Waals surface area contributed by atoms with Crippen molar-refractivity contribution in [3.05, 3.63) is 40.4 Å². The molecule has 1 aromatic carbocycles. The van der Waals surface area contributed by atoms with Crippen molar-refractivity contribution in [1.29, 1.82) is 5.41 Å². The van der Waals surface area contributed by atoms with Gasteiger partial charge in [-0.1, -0.05) is 0 Å². The number of thiophene rings is 1. The molecule has 1 aliphatic rings. The molecular weight excluding hydrogens is 354 g/mol. The van der Waals surface area contributed by atoms with Gasteiger partial charge in [-0.15, -0.1) is 11.3 Å². The molecular formula is C17H15N5O3S. The maximum atomic E-state index is 12.1. The second-order valence-corrected chi connectivity index (χ2v) is 6.59. The summed E-state index contributed by atoms with van der Waals surface area (Å²) in [4.78, 5) is 21.6. The van der Waals surface area contributed by atoms with Crippen LogP contribution in [0.1, 0.15) is 27.9 Å². The molecule has 0 saturated carbocycles. The lowest BCUT2D eigenvalue weighted by Crippen LogP contribution is -2.21. The molecule has 0 bridgehead atoms. The Morgan fingerprint density at radius 2 is 2.12 bits per heavy atom.